The molecule has 0 saturated carbocycles. The van der Waals surface area contributed by atoms with E-state index in [9.17, 15) is 4.79 Å². The Kier molecular flexibility index (Phi) is 6.08. The van der Waals surface area contributed by atoms with Gasteiger partial charge in [0.1, 0.15) is 5.25 Å². The summed E-state index contributed by atoms with van der Waals surface area (Å²) < 4.78 is 1.94. The van der Waals surface area contributed by atoms with Gasteiger partial charge in [-0.1, -0.05) is 67.6 Å². The number of hydrogen-bond donors (Lipinski definition) is 2. The van der Waals surface area contributed by atoms with Crippen molar-refractivity contribution in [2.24, 2.45) is 0 Å². The quantitative estimate of drug-likeness (QED) is 0.613. The highest BCUT2D eigenvalue weighted by molar-refractivity contribution is 8.00. The van der Waals surface area contributed by atoms with Crippen LogP contribution in [0.25, 0.3) is 0 Å². The molecule has 2 atom stereocenters. The van der Waals surface area contributed by atoms with Crippen LogP contribution in [0.3, 0.4) is 0 Å². The van der Waals surface area contributed by atoms with Gasteiger partial charge in [-0.05, 0) is 43.0 Å². The molecule has 0 aliphatic carbocycles. The van der Waals surface area contributed by atoms with Gasteiger partial charge in [0.15, 0.2) is 5.82 Å². The Balaban J connectivity index is 1.63. The maximum absolute atomic E-state index is 13.3. The molecular formula is C23H27N5OS. The largest absolute Gasteiger partial charge is 0.325 e. The summed E-state index contributed by atoms with van der Waals surface area (Å²) in [5.41, 5.74) is 7.82. The summed E-state index contributed by atoms with van der Waals surface area (Å²) >= 11 is 1.46. The second-order valence-electron chi connectivity index (χ2n) is 7.58. The van der Waals surface area contributed by atoms with Crippen LogP contribution >= 0.6 is 11.8 Å². The van der Waals surface area contributed by atoms with Crippen LogP contribution in [0.15, 0.2) is 53.7 Å². The molecule has 1 aliphatic rings. The van der Waals surface area contributed by atoms with Crippen LogP contribution in [0.4, 0.5) is 5.69 Å². The van der Waals surface area contributed by atoms with Crippen LogP contribution in [0.2, 0.25) is 0 Å². The molecule has 7 heteroatoms. The zero-order chi connectivity index (χ0) is 21.1. The number of hydrogen-bond acceptors (Lipinski definition) is 5. The van der Waals surface area contributed by atoms with Gasteiger partial charge in [0.05, 0.1) is 6.04 Å². The summed E-state index contributed by atoms with van der Waals surface area (Å²) in [5, 5.41) is 12.1. The normalized spacial score (nSPS) is 17.8. The van der Waals surface area contributed by atoms with E-state index in [-0.39, 0.29) is 17.2 Å². The lowest BCUT2D eigenvalue weighted by Gasteiger charge is -2.33. The van der Waals surface area contributed by atoms with Gasteiger partial charge in [0.25, 0.3) is 0 Å². The summed E-state index contributed by atoms with van der Waals surface area (Å²) in [6.07, 6.45) is 2.79. The zero-order valence-corrected chi connectivity index (χ0v) is 18.4. The fraction of sp³-hybridized carbons (Fsp3) is 0.348. The Bertz CT molecular complexity index is 1010. The summed E-state index contributed by atoms with van der Waals surface area (Å²) in [6, 6.07) is 16.1. The van der Waals surface area contributed by atoms with Crippen LogP contribution in [-0.4, -0.2) is 26.0 Å². The van der Waals surface area contributed by atoms with Crippen molar-refractivity contribution in [1.29, 1.82) is 0 Å². The molecule has 0 bridgehead atoms. The number of nitrogens with one attached hydrogen (secondary N) is 2. The van der Waals surface area contributed by atoms with Crippen LogP contribution in [-0.2, 0) is 17.6 Å². The first-order valence-electron chi connectivity index (χ1n) is 10.4. The van der Waals surface area contributed by atoms with Crippen LogP contribution in [0, 0.1) is 6.92 Å². The van der Waals surface area contributed by atoms with Gasteiger partial charge < -0.3 is 10.7 Å². The van der Waals surface area contributed by atoms with E-state index in [2.05, 4.69) is 66.0 Å². The van der Waals surface area contributed by atoms with Crippen LogP contribution in [0.1, 0.15) is 48.8 Å². The fourth-order valence-corrected chi connectivity index (χ4v) is 4.64. The van der Waals surface area contributed by atoms with E-state index < -0.39 is 0 Å². The monoisotopic (exact) mass is 421 g/mol. The number of rotatable bonds is 6. The molecule has 156 valence electrons. The van der Waals surface area contributed by atoms with Gasteiger partial charge in [-0.3, -0.25) is 4.79 Å². The molecule has 2 heterocycles. The van der Waals surface area contributed by atoms with E-state index in [1.165, 1.54) is 22.9 Å². The van der Waals surface area contributed by atoms with Crippen molar-refractivity contribution in [1.82, 2.24) is 14.9 Å². The van der Waals surface area contributed by atoms with Gasteiger partial charge in [-0.15, -0.1) is 10.2 Å². The predicted molar refractivity (Wildman–Crippen MR) is 121 cm³/mol. The van der Waals surface area contributed by atoms with E-state index in [1.54, 1.807) is 0 Å². The van der Waals surface area contributed by atoms with Crippen LogP contribution in [0.5, 0.6) is 0 Å². The number of anilines is 1. The molecule has 1 aliphatic heterocycles. The van der Waals surface area contributed by atoms with E-state index in [1.807, 2.05) is 28.9 Å². The van der Waals surface area contributed by atoms with Gasteiger partial charge in [0, 0.05) is 12.1 Å². The van der Waals surface area contributed by atoms with E-state index in [0.29, 0.717) is 0 Å². The highest BCUT2D eigenvalue weighted by atomic mass is 32.2. The highest BCUT2D eigenvalue weighted by Gasteiger charge is 2.37. The number of amides is 1. The molecule has 6 nitrogen and oxygen atoms in total. The zero-order valence-electron chi connectivity index (χ0n) is 17.6. The van der Waals surface area contributed by atoms with Crippen molar-refractivity contribution >= 4 is 23.4 Å². The Morgan fingerprint density at radius 3 is 2.50 bits per heavy atom. The Morgan fingerprint density at radius 1 is 1.10 bits per heavy atom. The number of aryl methyl sites for hydroxylation is 3. The molecule has 3 aromatic rings. The number of nitrogens with zero attached hydrogens (tertiary/aromatic N) is 3. The minimum atomic E-state index is -0.371. The molecule has 1 aromatic heterocycles. The second kappa shape index (κ2) is 8.92. The lowest BCUT2D eigenvalue weighted by atomic mass is 10.0. The van der Waals surface area contributed by atoms with Crippen molar-refractivity contribution in [2.75, 3.05) is 10.7 Å². The molecule has 4 rings (SSSR count). The highest BCUT2D eigenvalue weighted by Crippen LogP contribution is 2.37. The van der Waals surface area contributed by atoms with Gasteiger partial charge in [-0.2, -0.15) is 0 Å². The minimum Gasteiger partial charge on any atom is -0.325 e. The second-order valence-corrected chi connectivity index (χ2v) is 8.69. The number of fused-ring (bicyclic) bond motifs is 1. The van der Waals surface area contributed by atoms with Crippen molar-refractivity contribution < 1.29 is 4.79 Å². The molecule has 30 heavy (non-hydrogen) atoms. The molecule has 1 amide bonds. The first-order valence-corrected chi connectivity index (χ1v) is 11.3. The average molecular weight is 422 g/mol. The van der Waals surface area contributed by atoms with E-state index in [4.69, 9.17) is 0 Å². The van der Waals surface area contributed by atoms with Crippen LogP contribution < -0.4 is 10.7 Å². The molecule has 0 fully saturated rings. The predicted octanol–water partition coefficient (Wildman–Crippen LogP) is 4.50. The lowest BCUT2D eigenvalue weighted by Crippen LogP contribution is -2.41. The SMILES string of the molecule is CCCc1nnc2n1N[C@H](c1ccc(C)cc1)[C@H](C(=O)Nc1ccc(CC)cc1)S2. The third-order valence-electron chi connectivity index (χ3n) is 5.30. The molecule has 0 spiro atoms. The minimum absolute atomic E-state index is 0.0476. The first kappa shape index (κ1) is 20.5. The number of aromatic nitrogens is 3. The molecule has 0 saturated heterocycles. The summed E-state index contributed by atoms with van der Waals surface area (Å²) in [5.74, 6) is 0.847. The molecule has 2 N–H and O–H groups in total. The third kappa shape index (κ3) is 4.21. The van der Waals surface area contributed by atoms with Crippen molar-refractivity contribution in [3.05, 3.63) is 71.0 Å². The smallest absolute Gasteiger partial charge is 0.240 e. The van der Waals surface area contributed by atoms with Crippen molar-refractivity contribution in [3.63, 3.8) is 0 Å². The number of benzene rings is 2. The standard InChI is InChI=1S/C23H27N5OS/c1-4-6-19-25-26-23-28(19)27-20(17-11-7-15(3)8-12-17)21(30-23)22(29)24-18-13-9-16(5-2)10-14-18/h7-14,20-21,27H,4-6H2,1-3H3,(H,24,29)/t20-,21-/m1/s1. The van der Waals surface area contributed by atoms with Gasteiger partial charge in [-0.25, -0.2) is 4.68 Å². The Hall–Kier alpha value is -2.80. The Morgan fingerprint density at radius 2 is 1.83 bits per heavy atom. The molecular weight excluding hydrogens is 394 g/mol. The van der Waals surface area contributed by atoms with Gasteiger partial charge >= 0.3 is 0 Å². The first-order chi connectivity index (χ1) is 14.6. The maximum atomic E-state index is 13.3. The van der Waals surface area contributed by atoms with E-state index in [0.717, 1.165) is 41.5 Å². The summed E-state index contributed by atoms with van der Waals surface area (Å²) in [7, 11) is 0. The third-order valence-corrected chi connectivity index (χ3v) is 6.52. The molecule has 0 unspecified atom stereocenters. The van der Waals surface area contributed by atoms with Crippen molar-refractivity contribution in [3.8, 4) is 0 Å². The maximum Gasteiger partial charge on any atom is 0.240 e. The number of carbonyl (C=O) groups is 1. The van der Waals surface area contributed by atoms with E-state index >= 15 is 0 Å². The summed E-state index contributed by atoms with van der Waals surface area (Å²) in [4.78, 5) is 13.3. The molecule has 2 aromatic carbocycles. The number of thioether (sulfide) groups is 1. The average Bonchev–Trinajstić information content (AvgIpc) is 3.16. The molecule has 0 radical (unpaired) electrons. The number of carbonyl (C=O) groups excluding carboxylic acids is 1. The lowest BCUT2D eigenvalue weighted by molar-refractivity contribution is -0.116. The van der Waals surface area contributed by atoms with Crippen molar-refractivity contribution in [2.45, 2.75) is 56.5 Å². The topological polar surface area (TPSA) is 71.8 Å². The summed E-state index contributed by atoms with van der Waals surface area (Å²) in [6.45, 7) is 6.30. The fourth-order valence-electron chi connectivity index (χ4n) is 3.55. The van der Waals surface area contributed by atoms with Gasteiger partial charge in [0.2, 0.25) is 11.1 Å². The Labute approximate surface area is 181 Å².